The Hall–Kier alpha value is -2.67. The van der Waals surface area contributed by atoms with Crippen LogP contribution in [0.15, 0.2) is 54.6 Å². The van der Waals surface area contributed by atoms with Gasteiger partial charge in [0.05, 0.1) is 13.2 Å². The van der Waals surface area contributed by atoms with Crippen LogP contribution in [0.25, 0.3) is 0 Å². The summed E-state index contributed by atoms with van der Waals surface area (Å²) in [5.74, 6) is 0.797. The number of likely N-dealkylation sites (N-methyl/N-ethyl adjacent to an activating group) is 1. The first-order valence-corrected chi connectivity index (χ1v) is 11.8. The summed E-state index contributed by atoms with van der Waals surface area (Å²) < 4.78 is 5.78. The van der Waals surface area contributed by atoms with Crippen LogP contribution in [0.1, 0.15) is 38.0 Å². The Morgan fingerprint density at radius 3 is 2.34 bits per heavy atom. The number of carbonyl (C=O) groups excluding carboxylic acids is 1. The maximum absolute atomic E-state index is 13.0. The van der Waals surface area contributed by atoms with Crippen LogP contribution in [-0.2, 0) is 0 Å². The lowest BCUT2D eigenvalue weighted by atomic mass is 9.93. The van der Waals surface area contributed by atoms with Gasteiger partial charge in [0.15, 0.2) is 0 Å². The van der Waals surface area contributed by atoms with Gasteiger partial charge in [0.25, 0.3) is 5.91 Å². The van der Waals surface area contributed by atoms with E-state index < -0.39 is 0 Å². The van der Waals surface area contributed by atoms with Crippen molar-refractivity contribution >= 4 is 22.2 Å². The number of para-hydroxylation sites is 1. The minimum absolute atomic E-state index is 0.0101. The topological polar surface area (TPSA) is 44.8 Å². The van der Waals surface area contributed by atoms with Crippen LogP contribution in [0.2, 0.25) is 0 Å². The van der Waals surface area contributed by atoms with E-state index >= 15 is 0 Å². The summed E-state index contributed by atoms with van der Waals surface area (Å²) in [5, 5.41) is 4.15. The largest absolute Gasteiger partial charge is 0.496 e. The molecule has 1 atom stereocenters. The highest BCUT2D eigenvalue weighted by Crippen LogP contribution is 2.44. The third kappa shape index (κ3) is 4.58. The van der Waals surface area contributed by atoms with E-state index in [1.807, 2.05) is 42.5 Å². The van der Waals surface area contributed by atoms with Gasteiger partial charge in [0, 0.05) is 47.7 Å². The van der Waals surface area contributed by atoms with Crippen molar-refractivity contribution in [1.82, 2.24) is 9.80 Å². The molecule has 1 fully saturated rings. The molecule has 0 bridgehead atoms. The first-order valence-electron chi connectivity index (χ1n) is 11.0. The Labute approximate surface area is 194 Å². The first kappa shape index (κ1) is 22.5. The van der Waals surface area contributed by atoms with E-state index in [1.54, 1.807) is 18.4 Å². The molecule has 1 saturated heterocycles. The highest BCUT2D eigenvalue weighted by molar-refractivity contribution is 7.16. The van der Waals surface area contributed by atoms with Gasteiger partial charge in [-0.05, 0) is 44.7 Å². The summed E-state index contributed by atoms with van der Waals surface area (Å²) >= 11 is 1.66. The number of carbonyl (C=O) groups is 1. The maximum atomic E-state index is 13.0. The molecule has 4 rings (SSSR count). The van der Waals surface area contributed by atoms with Crippen LogP contribution >= 0.6 is 11.3 Å². The summed E-state index contributed by atoms with van der Waals surface area (Å²) in [7, 11) is 3.89. The molecule has 0 radical (unpaired) electrons. The van der Waals surface area contributed by atoms with Crippen LogP contribution in [0.4, 0.5) is 5.00 Å². The first-order chi connectivity index (χ1) is 15.5. The van der Waals surface area contributed by atoms with Crippen molar-refractivity contribution in [3.63, 3.8) is 0 Å². The molecule has 1 amide bonds. The van der Waals surface area contributed by atoms with Gasteiger partial charge in [-0.25, -0.2) is 0 Å². The van der Waals surface area contributed by atoms with Crippen molar-refractivity contribution in [2.75, 3.05) is 45.7 Å². The van der Waals surface area contributed by atoms with Gasteiger partial charge in [0.1, 0.15) is 10.8 Å². The molecule has 0 spiro atoms. The summed E-state index contributed by atoms with van der Waals surface area (Å²) in [6.07, 6.45) is 0. The number of nitrogens with zero attached hydrogens (tertiary/aromatic N) is 2. The van der Waals surface area contributed by atoms with Crippen molar-refractivity contribution in [1.29, 1.82) is 0 Å². The summed E-state index contributed by atoms with van der Waals surface area (Å²) in [6.45, 7) is 8.24. The number of thiophene rings is 1. The zero-order valence-corrected chi connectivity index (χ0v) is 20.0. The van der Waals surface area contributed by atoms with E-state index in [4.69, 9.17) is 4.74 Å². The molecule has 2 aromatic carbocycles. The second-order valence-corrected chi connectivity index (χ2v) is 9.55. The molecule has 0 saturated carbocycles. The summed E-state index contributed by atoms with van der Waals surface area (Å²) in [5.41, 5.74) is 4.20. The average Bonchev–Trinajstić information content (AvgIpc) is 3.09. The number of aryl methyl sites for hydroxylation is 1. The van der Waals surface area contributed by atoms with Gasteiger partial charge in [-0.2, -0.15) is 0 Å². The van der Waals surface area contributed by atoms with Gasteiger partial charge in [-0.15, -0.1) is 11.3 Å². The third-order valence-electron chi connectivity index (χ3n) is 6.30. The monoisotopic (exact) mass is 449 g/mol. The molecule has 0 unspecified atom stereocenters. The SMILES string of the molecule is COc1ccccc1[C@H](c1c(NC(=O)c2ccccc2)sc(C)c1C)N1CCN(C)CC1. The zero-order valence-electron chi connectivity index (χ0n) is 19.2. The van der Waals surface area contributed by atoms with Crippen LogP contribution in [0, 0.1) is 13.8 Å². The minimum atomic E-state index is -0.0785. The minimum Gasteiger partial charge on any atom is -0.496 e. The zero-order chi connectivity index (χ0) is 22.7. The highest BCUT2D eigenvalue weighted by Gasteiger charge is 2.32. The summed E-state index contributed by atoms with van der Waals surface area (Å²) in [6, 6.07) is 17.7. The number of benzene rings is 2. The predicted octanol–water partition coefficient (Wildman–Crippen LogP) is 4.96. The molecule has 3 aromatic rings. The van der Waals surface area contributed by atoms with E-state index in [1.165, 1.54) is 16.0 Å². The van der Waals surface area contributed by atoms with Gasteiger partial charge >= 0.3 is 0 Å². The fraction of sp³-hybridized carbons (Fsp3) is 0.346. The molecule has 1 aromatic heterocycles. The van der Waals surface area contributed by atoms with Crippen molar-refractivity contribution in [3.05, 3.63) is 81.7 Å². The lowest BCUT2D eigenvalue weighted by Gasteiger charge is -2.39. The highest BCUT2D eigenvalue weighted by atomic mass is 32.1. The fourth-order valence-electron chi connectivity index (χ4n) is 4.34. The van der Waals surface area contributed by atoms with Crippen LogP contribution in [0.5, 0.6) is 5.75 Å². The molecule has 1 N–H and O–H groups in total. The third-order valence-corrected chi connectivity index (χ3v) is 7.44. The van der Waals surface area contributed by atoms with E-state index in [-0.39, 0.29) is 11.9 Å². The van der Waals surface area contributed by atoms with E-state index in [2.05, 4.69) is 48.1 Å². The second-order valence-electron chi connectivity index (χ2n) is 8.33. The number of amides is 1. The standard InChI is InChI=1S/C26H31N3O2S/c1-18-19(2)32-26(27-25(30)20-10-6-5-7-11-20)23(18)24(29-16-14-28(3)15-17-29)21-12-8-9-13-22(21)31-4/h5-13,24H,14-17H2,1-4H3,(H,27,30)/t24-/m1/s1. The van der Waals surface area contributed by atoms with Gasteiger partial charge in [-0.1, -0.05) is 36.4 Å². The second kappa shape index (κ2) is 9.86. The number of anilines is 1. The van der Waals surface area contributed by atoms with E-state index in [0.29, 0.717) is 5.56 Å². The number of ether oxygens (including phenoxy) is 1. The molecule has 32 heavy (non-hydrogen) atoms. The lowest BCUT2D eigenvalue weighted by Crippen LogP contribution is -2.46. The summed E-state index contributed by atoms with van der Waals surface area (Å²) in [4.78, 5) is 19.1. The quantitative estimate of drug-likeness (QED) is 0.578. The van der Waals surface area contributed by atoms with Crippen LogP contribution in [0.3, 0.4) is 0 Å². The van der Waals surface area contributed by atoms with E-state index in [0.717, 1.165) is 42.5 Å². The average molecular weight is 450 g/mol. The molecule has 5 nitrogen and oxygen atoms in total. The van der Waals surface area contributed by atoms with Crippen LogP contribution < -0.4 is 10.1 Å². The van der Waals surface area contributed by atoms with Crippen molar-refractivity contribution in [2.24, 2.45) is 0 Å². The number of piperazine rings is 1. The number of rotatable bonds is 6. The molecule has 1 aliphatic heterocycles. The normalized spacial score (nSPS) is 16.0. The fourth-order valence-corrected chi connectivity index (χ4v) is 5.43. The van der Waals surface area contributed by atoms with Gasteiger partial charge < -0.3 is 15.0 Å². The van der Waals surface area contributed by atoms with E-state index in [9.17, 15) is 4.79 Å². The molecule has 6 heteroatoms. The molecule has 1 aliphatic rings. The number of methoxy groups -OCH3 is 1. The van der Waals surface area contributed by atoms with Crippen molar-refractivity contribution in [3.8, 4) is 5.75 Å². The number of hydrogen-bond acceptors (Lipinski definition) is 5. The number of nitrogens with one attached hydrogen (secondary N) is 1. The van der Waals surface area contributed by atoms with Crippen molar-refractivity contribution in [2.45, 2.75) is 19.9 Å². The molecular formula is C26H31N3O2S. The Balaban J connectivity index is 1.79. The maximum Gasteiger partial charge on any atom is 0.256 e. The Bertz CT molecular complexity index is 1070. The molecule has 2 heterocycles. The van der Waals surface area contributed by atoms with Gasteiger partial charge in [0.2, 0.25) is 0 Å². The number of hydrogen-bond donors (Lipinski definition) is 1. The Kier molecular flexibility index (Phi) is 6.94. The van der Waals surface area contributed by atoms with Crippen molar-refractivity contribution < 1.29 is 9.53 Å². The predicted molar refractivity (Wildman–Crippen MR) is 132 cm³/mol. The molecular weight excluding hydrogens is 418 g/mol. The Morgan fingerprint density at radius 2 is 1.66 bits per heavy atom. The van der Waals surface area contributed by atoms with Crippen LogP contribution in [-0.4, -0.2) is 56.0 Å². The smallest absolute Gasteiger partial charge is 0.256 e. The Morgan fingerprint density at radius 1 is 1.00 bits per heavy atom. The van der Waals surface area contributed by atoms with Gasteiger partial charge in [-0.3, -0.25) is 9.69 Å². The molecule has 168 valence electrons. The lowest BCUT2D eigenvalue weighted by molar-refractivity contribution is 0.102. The molecule has 0 aliphatic carbocycles.